The van der Waals surface area contributed by atoms with Crippen molar-refractivity contribution in [3.8, 4) is 0 Å². The molecule has 140 valence electrons. The van der Waals surface area contributed by atoms with Gasteiger partial charge >= 0.3 is 6.18 Å². The SMILES string of the molecule is O=C(CCCCCNc1cccc(F)c1)Nc1ccnc(C(F)(F)F)c1. The maximum absolute atomic E-state index is 13.0. The van der Waals surface area contributed by atoms with Gasteiger partial charge in [-0.15, -0.1) is 0 Å². The zero-order valence-corrected chi connectivity index (χ0v) is 13.9. The lowest BCUT2D eigenvalue weighted by atomic mass is 10.2. The van der Waals surface area contributed by atoms with Crippen LogP contribution in [0.2, 0.25) is 0 Å². The summed E-state index contributed by atoms with van der Waals surface area (Å²) in [7, 11) is 0. The average Bonchev–Trinajstić information content (AvgIpc) is 2.57. The first kappa shape index (κ1) is 19.7. The number of carbonyl (C=O) groups is 1. The Morgan fingerprint density at radius 2 is 1.85 bits per heavy atom. The third kappa shape index (κ3) is 6.70. The number of aromatic nitrogens is 1. The quantitative estimate of drug-likeness (QED) is 0.517. The predicted octanol–water partition coefficient (Wildman–Crippen LogP) is 4.85. The maximum Gasteiger partial charge on any atom is 0.433 e. The number of benzene rings is 1. The van der Waals surface area contributed by atoms with Crippen molar-refractivity contribution in [2.75, 3.05) is 17.2 Å². The van der Waals surface area contributed by atoms with Gasteiger partial charge in [-0.05, 0) is 43.2 Å². The molecule has 2 rings (SSSR count). The van der Waals surface area contributed by atoms with E-state index in [1.54, 1.807) is 12.1 Å². The smallest absolute Gasteiger partial charge is 0.385 e. The Labute approximate surface area is 148 Å². The number of hydrogen-bond donors (Lipinski definition) is 2. The molecule has 1 amide bonds. The van der Waals surface area contributed by atoms with Crippen molar-refractivity contribution in [2.24, 2.45) is 0 Å². The summed E-state index contributed by atoms with van der Waals surface area (Å²) in [5.41, 5.74) is -0.273. The molecular weight excluding hydrogens is 350 g/mol. The van der Waals surface area contributed by atoms with Gasteiger partial charge in [0.05, 0.1) is 0 Å². The predicted molar refractivity (Wildman–Crippen MR) is 91.2 cm³/mol. The molecule has 0 aliphatic heterocycles. The van der Waals surface area contributed by atoms with Crippen molar-refractivity contribution in [3.63, 3.8) is 0 Å². The number of pyridine rings is 1. The minimum atomic E-state index is -4.55. The van der Waals surface area contributed by atoms with Gasteiger partial charge in [-0.25, -0.2) is 4.39 Å². The van der Waals surface area contributed by atoms with Gasteiger partial charge in [0.2, 0.25) is 5.91 Å². The van der Waals surface area contributed by atoms with Crippen LogP contribution in [0.4, 0.5) is 28.9 Å². The Kier molecular flexibility index (Phi) is 6.94. The first-order valence-electron chi connectivity index (χ1n) is 8.17. The standard InChI is InChI=1S/C18H19F4N3O/c19-13-5-4-6-14(11-13)23-9-3-1-2-7-17(26)25-15-8-10-24-16(12-15)18(20,21)22/h4-6,8,10-12,23H,1-3,7,9H2,(H,24,25,26). The van der Waals surface area contributed by atoms with E-state index in [-0.39, 0.29) is 23.8 Å². The molecule has 0 unspecified atom stereocenters. The van der Waals surface area contributed by atoms with Gasteiger partial charge in [-0.1, -0.05) is 12.5 Å². The van der Waals surface area contributed by atoms with Crippen LogP contribution in [-0.4, -0.2) is 17.4 Å². The summed E-state index contributed by atoms with van der Waals surface area (Å²) in [4.78, 5) is 15.0. The number of amides is 1. The van der Waals surface area contributed by atoms with Gasteiger partial charge < -0.3 is 10.6 Å². The Morgan fingerprint density at radius 1 is 1.04 bits per heavy atom. The number of unbranched alkanes of at least 4 members (excludes halogenated alkanes) is 2. The van der Waals surface area contributed by atoms with Crippen molar-refractivity contribution in [1.29, 1.82) is 0 Å². The highest BCUT2D eigenvalue weighted by Crippen LogP contribution is 2.28. The van der Waals surface area contributed by atoms with Crippen LogP contribution in [0.1, 0.15) is 31.4 Å². The van der Waals surface area contributed by atoms with E-state index in [0.717, 1.165) is 25.1 Å². The third-order valence-corrected chi connectivity index (χ3v) is 3.57. The molecule has 1 heterocycles. The second-order valence-corrected chi connectivity index (χ2v) is 5.72. The number of nitrogens with zero attached hydrogens (tertiary/aromatic N) is 1. The molecule has 0 saturated carbocycles. The van der Waals surface area contributed by atoms with E-state index in [0.29, 0.717) is 18.7 Å². The summed E-state index contributed by atoms with van der Waals surface area (Å²) in [5.74, 6) is -0.654. The molecule has 0 radical (unpaired) electrons. The van der Waals surface area contributed by atoms with Crippen LogP contribution in [0.15, 0.2) is 42.6 Å². The first-order chi connectivity index (χ1) is 12.3. The minimum absolute atomic E-state index is 0.0742. The van der Waals surface area contributed by atoms with Crippen LogP contribution >= 0.6 is 0 Å². The Bertz CT molecular complexity index is 734. The summed E-state index contributed by atoms with van der Waals surface area (Å²) in [6, 6.07) is 8.27. The zero-order valence-electron chi connectivity index (χ0n) is 13.9. The fourth-order valence-corrected chi connectivity index (χ4v) is 2.31. The summed E-state index contributed by atoms with van der Waals surface area (Å²) in [6.45, 7) is 0.643. The third-order valence-electron chi connectivity index (χ3n) is 3.57. The fraction of sp³-hybridized carbons (Fsp3) is 0.333. The van der Waals surface area contributed by atoms with Crippen molar-refractivity contribution in [1.82, 2.24) is 4.98 Å². The average molecular weight is 369 g/mol. The lowest BCUT2D eigenvalue weighted by Crippen LogP contribution is -2.13. The first-order valence-corrected chi connectivity index (χ1v) is 8.17. The monoisotopic (exact) mass is 369 g/mol. The fourth-order valence-electron chi connectivity index (χ4n) is 2.31. The van der Waals surface area contributed by atoms with Crippen LogP contribution < -0.4 is 10.6 Å². The van der Waals surface area contributed by atoms with Gasteiger partial charge in [0, 0.05) is 30.5 Å². The van der Waals surface area contributed by atoms with Crippen LogP contribution in [0, 0.1) is 5.82 Å². The van der Waals surface area contributed by atoms with Crippen LogP contribution in [-0.2, 0) is 11.0 Å². The molecule has 26 heavy (non-hydrogen) atoms. The molecule has 1 aromatic carbocycles. The van der Waals surface area contributed by atoms with Gasteiger partial charge in [-0.2, -0.15) is 13.2 Å². The van der Waals surface area contributed by atoms with Crippen molar-refractivity contribution < 1.29 is 22.4 Å². The summed E-state index contributed by atoms with van der Waals surface area (Å²) in [6.07, 6.45) is -1.17. The maximum atomic E-state index is 13.0. The number of carbonyl (C=O) groups excluding carboxylic acids is 1. The van der Waals surface area contributed by atoms with Gasteiger partial charge in [-0.3, -0.25) is 9.78 Å². The van der Waals surface area contributed by atoms with E-state index in [1.807, 2.05) is 0 Å². The van der Waals surface area contributed by atoms with Crippen molar-refractivity contribution in [2.45, 2.75) is 31.9 Å². The van der Waals surface area contributed by atoms with E-state index < -0.39 is 11.9 Å². The van der Waals surface area contributed by atoms with Crippen molar-refractivity contribution >= 4 is 17.3 Å². The second kappa shape index (κ2) is 9.17. The van der Waals surface area contributed by atoms with E-state index >= 15 is 0 Å². The lowest BCUT2D eigenvalue weighted by molar-refractivity contribution is -0.141. The minimum Gasteiger partial charge on any atom is -0.385 e. The molecule has 0 fully saturated rings. The number of anilines is 2. The van der Waals surface area contributed by atoms with E-state index in [4.69, 9.17) is 0 Å². The molecule has 2 aromatic rings. The summed E-state index contributed by atoms with van der Waals surface area (Å²) < 4.78 is 50.7. The van der Waals surface area contributed by atoms with Gasteiger partial charge in [0.1, 0.15) is 11.5 Å². The molecule has 2 N–H and O–H groups in total. The molecule has 0 aliphatic rings. The topological polar surface area (TPSA) is 54.0 Å². The molecule has 4 nitrogen and oxygen atoms in total. The van der Waals surface area contributed by atoms with E-state index in [2.05, 4.69) is 15.6 Å². The summed E-state index contributed by atoms with van der Waals surface area (Å²) >= 11 is 0. The number of rotatable bonds is 8. The lowest BCUT2D eigenvalue weighted by Gasteiger charge is -2.09. The Morgan fingerprint density at radius 3 is 2.58 bits per heavy atom. The molecule has 0 aliphatic carbocycles. The van der Waals surface area contributed by atoms with E-state index in [9.17, 15) is 22.4 Å². The van der Waals surface area contributed by atoms with Crippen molar-refractivity contribution in [3.05, 3.63) is 54.1 Å². The zero-order chi connectivity index (χ0) is 19.0. The number of alkyl halides is 3. The number of nitrogens with one attached hydrogen (secondary N) is 2. The molecule has 0 saturated heterocycles. The van der Waals surface area contributed by atoms with E-state index in [1.165, 1.54) is 18.2 Å². The normalized spacial score (nSPS) is 11.2. The molecule has 0 spiro atoms. The Balaban J connectivity index is 1.65. The number of hydrogen-bond acceptors (Lipinski definition) is 3. The number of halogens is 4. The van der Waals surface area contributed by atoms with Gasteiger partial charge in [0.15, 0.2) is 0 Å². The molecule has 0 bridgehead atoms. The van der Waals surface area contributed by atoms with Crippen LogP contribution in [0.5, 0.6) is 0 Å². The molecular formula is C18H19F4N3O. The van der Waals surface area contributed by atoms with Crippen LogP contribution in [0.25, 0.3) is 0 Å². The highest BCUT2D eigenvalue weighted by atomic mass is 19.4. The van der Waals surface area contributed by atoms with Crippen LogP contribution in [0.3, 0.4) is 0 Å². The highest BCUT2D eigenvalue weighted by molar-refractivity contribution is 5.90. The molecule has 1 aromatic heterocycles. The largest absolute Gasteiger partial charge is 0.433 e. The van der Waals surface area contributed by atoms with Gasteiger partial charge in [0.25, 0.3) is 0 Å². The highest BCUT2D eigenvalue weighted by Gasteiger charge is 2.32. The Hall–Kier alpha value is -2.64. The molecule has 8 heteroatoms. The summed E-state index contributed by atoms with van der Waals surface area (Å²) in [5, 5.41) is 5.52. The molecule has 0 atom stereocenters. The second-order valence-electron chi connectivity index (χ2n) is 5.72.